The Morgan fingerprint density at radius 1 is 1.38 bits per heavy atom. The SMILES string of the molecule is CCN(CCCNC(=O)C1CCCCN1C(=O)c1ccco1)S(C)(=O)=O. The molecule has 1 aliphatic rings. The lowest BCUT2D eigenvalue weighted by molar-refractivity contribution is -0.126. The Morgan fingerprint density at radius 3 is 2.77 bits per heavy atom. The molecule has 146 valence electrons. The number of nitrogens with one attached hydrogen (secondary N) is 1. The van der Waals surface area contributed by atoms with E-state index in [0.29, 0.717) is 39.0 Å². The molecular weight excluding hydrogens is 358 g/mol. The fourth-order valence-corrected chi connectivity index (χ4v) is 4.06. The van der Waals surface area contributed by atoms with Crippen molar-refractivity contribution in [3.63, 3.8) is 0 Å². The van der Waals surface area contributed by atoms with Gasteiger partial charge in [0.15, 0.2) is 5.76 Å². The van der Waals surface area contributed by atoms with Gasteiger partial charge in [-0.3, -0.25) is 9.59 Å². The van der Waals surface area contributed by atoms with Crippen LogP contribution in [-0.2, 0) is 14.8 Å². The molecule has 0 saturated carbocycles. The molecule has 0 bridgehead atoms. The van der Waals surface area contributed by atoms with Crippen molar-refractivity contribution in [2.24, 2.45) is 0 Å². The molecule has 1 saturated heterocycles. The Labute approximate surface area is 154 Å². The molecule has 0 radical (unpaired) electrons. The van der Waals surface area contributed by atoms with E-state index in [2.05, 4.69) is 5.32 Å². The van der Waals surface area contributed by atoms with Gasteiger partial charge in [0, 0.05) is 26.2 Å². The zero-order valence-corrected chi connectivity index (χ0v) is 16.1. The number of furan rings is 1. The molecule has 1 aromatic rings. The maximum absolute atomic E-state index is 12.5. The first-order valence-electron chi connectivity index (χ1n) is 8.92. The summed E-state index contributed by atoms with van der Waals surface area (Å²) in [5.74, 6) is -0.243. The number of hydrogen-bond donors (Lipinski definition) is 1. The summed E-state index contributed by atoms with van der Waals surface area (Å²) in [6.45, 7) is 3.43. The van der Waals surface area contributed by atoms with Crippen LogP contribution in [-0.4, -0.2) is 67.9 Å². The minimum atomic E-state index is -3.22. The van der Waals surface area contributed by atoms with E-state index in [1.54, 1.807) is 24.0 Å². The predicted molar refractivity (Wildman–Crippen MR) is 97.1 cm³/mol. The molecule has 2 heterocycles. The summed E-state index contributed by atoms with van der Waals surface area (Å²) in [5.41, 5.74) is 0. The smallest absolute Gasteiger partial charge is 0.290 e. The van der Waals surface area contributed by atoms with E-state index in [-0.39, 0.29) is 17.6 Å². The molecular formula is C17H27N3O5S. The zero-order chi connectivity index (χ0) is 19.2. The molecule has 1 atom stereocenters. The molecule has 0 aromatic carbocycles. The molecule has 8 nitrogen and oxygen atoms in total. The molecule has 1 unspecified atom stereocenters. The lowest BCUT2D eigenvalue weighted by Crippen LogP contribution is -2.52. The number of piperidine rings is 1. The summed E-state index contributed by atoms with van der Waals surface area (Å²) < 4.78 is 29.6. The van der Waals surface area contributed by atoms with Gasteiger partial charge in [-0.15, -0.1) is 0 Å². The molecule has 2 amide bonds. The highest BCUT2D eigenvalue weighted by atomic mass is 32.2. The van der Waals surface area contributed by atoms with E-state index >= 15 is 0 Å². The van der Waals surface area contributed by atoms with Crippen molar-refractivity contribution in [3.05, 3.63) is 24.2 Å². The summed E-state index contributed by atoms with van der Waals surface area (Å²) in [4.78, 5) is 26.6. The van der Waals surface area contributed by atoms with Crippen LogP contribution in [0.2, 0.25) is 0 Å². The van der Waals surface area contributed by atoms with Crippen LogP contribution in [0.3, 0.4) is 0 Å². The second-order valence-electron chi connectivity index (χ2n) is 6.39. The summed E-state index contributed by atoms with van der Waals surface area (Å²) in [7, 11) is -3.22. The fraction of sp³-hybridized carbons (Fsp3) is 0.647. The van der Waals surface area contributed by atoms with E-state index in [9.17, 15) is 18.0 Å². The van der Waals surface area contributed by atoms with Crippen LogP contribution in [0, 0.1) is 0 Å². The van der Waals surface area contributed by atoms with Gasteiger partial charge in [0.1, 0.15) is 6.04 Å². The number of likely N-dealkylation sites (tertiary alicyclic amines) is 1. The van der Waals surface area contributed by atoms with Crippen LogP contribution in [0.1, 0.15) is 43.2 Å². The zero-order valence-electron chi connectivity index (χ0n) is 15.3. The third-order valence-electron chi connectivity index (χ3n) is 4.50. The number of nitrogens with zero attached hydrogens (tertiary/aromatic N) is 2. The lowest BCUT2D eigenvalue weighted by Gasteiger charge is -2.34. The molecule has 1 aromatic heterocycles. The standard InChI is InChI=1S/C17H27N3O5S/c1-3-19(26(2,23)24)11-7-10-18-16(21)14-8-4-5-12-20(14)17(22)15-9-6-13-25-15/h6,9,13-14H,3-5,7-8,10-12H2,1-2H3,(H,18,21). The van der Waals surface area contributed by atoms with E-state index in [4.69, 9.17) is 4.42 Å². The van der Waals surface area contributed by atoms with E-state index < -0.39 is 16.1 Å². The number of carbonyl (C=O) groups is 2. The van der Waals surface area contributed by atoms with Crippen LogP contribution in [0.4, 0.5) is 0 Å². The normalized spacial score (nSPS) is 18.1. The molecule has 9 heteroatoms. The van der Waals surface area contributed by atoms with Crippen molar-refractivity contribution in [1.29, 1.82) is 0 Å². The van der Waals surface area contributed by atoms with Crippen LogP contribution in [0.25, 0.3) is 0 Å². The van der Waals surface area contributed by atoms with Crippen molar-refractivity contribution < 1.29 is 22.4 Å². The molecule has 0 spiro atoms. The van der Waals surface area contributed by atoms with Crippen LogP contribution in [0.5, 0.6) is 0 Å². The highest BCUT2D eigenvalue weighted by molar-refractivity contribution is 7.88. The molecule has 1 aliphatic heterocycles. The van der Waals surface area contributed by atoms with Crippen LogP contribution in [0.15, 0.2) is 22.8 Å². The van der Waals surface area contributed by atoms with Gasteiger partial charge in [-0.1, -0.05) is 6.92 Å². The van der Waals surface area contributed by atoms with E-state index in [1.165, 1.54) is 16.8 Å². The van der Waals surface area contributed by atoms with Gasteiger partial charge in [0.25, 0.3) is 5.91 Å². The molecule has 1 fully saturated rings. The Balaban J connectivity index is 1.87. The molecule has 0 aliphatic carbocycles. The average molecular weight is 385 g/mol. The molecule has 26 heavy (non-hydrogen) atoms. The summed E-state index contributed by atoms with van der Waals surface area (Å²) in [6.07, 6.45) is 5.49. The number of carbonyl (C=O) groups excluding carboxylic acids is 2. The molecule has 1 N–H and O–H groups in total. The first kappa shape index (κ1) is 20.4. The monoisotopic (exact) mass is 385 g/mol. The first-order valence-corrected chi connectivity index (χ1v) is 10.8. The van der Waals surface area contributed by atoms with Crippen LogP contribution < -0.4 is 5.32 Å². The maximum Gasteiger partial charge on any atom is 0.290 e. The van der Waals surface area contributed by atoms with Gasteiger partial charge < -0.3 is 14.6 Å². The summed E-state index contributed by atoms with van der Waals surface area (Å²) >= 11 is 0. The average Bonchev–Trinajstić information content (AvgIpc) is 3.14. The van der Waals surface area contributed by atoms with Gasteiger partial charge in [-0.2, -0.15) is 0 Å². The van der Waals surface area contributed by atoms with Crippen molar-refractivity contribution in [3.8, 4) is 0 Å². The predicted octanol–water partition coefficient (Wildman–Crippen LogP) is 1.06. The minimum Gasteiger partial charge on any atom is -0.459 e. The quantitative estimate of drug-likeness (QED) is 0.675. The number of rotatable bonds is 8. The topological polar surface area (TPSA) is 99.9 Å². The Kier molecular flexibility index (Phi) is 7.22. The number of amides is 2. The number of sulfonamides is 1. The van der Waals surface area contributed by atoms with Gasteiger partial charge in [-0.05, 0) is 37.8 Å². The largest absolute Gasteiger partial charge is 0.459 e. The lowest BCUT2D eigenvalue weighted by atomic mass is 10.0. The maximum atomic E-state index is 12.5. The highest BCUT2D eigenvalue weighted by Gasteiger charge is 2.33. The third-order valence-corrected chi connectivity index (χ3v) is 5.88. The van der Waals surface area contributed by atoms with Gasteiger partial charge in [0.05, 0.1) is 12.5 Å². The Hall–Kier alpha value is -1.87. The van der Waals surface area contributed by atoms with Crippen LogP contribution >= 0.6 is 0 Å². The fourth-order valence-electron chi connectivity index (χ4n) is 3.13. The van der Waals surface area contributed by atoms with E-state index in [1.807, 2.05) is 0 Å². The van der Waals surface area contributed by atoms with Gasteiger partial charge >= 0.3 is 0 Å². The van der Waals surface area contributed by atoms with Gasteiger partial charge in [-0.25, -0.2) is 12.7 Å². The van der Waals surface area contributed by atoms with Gasteiger partial charge in [0.2, 0.25) is 15.9 Å². The summed E-state index contributed by atoms with van der Waals surface area (Å²) in [5, 5.41) is 2.83. The third kappa shape index (κ3) is 5.31. The number of hydrogen-bond acceptors (Lipinski definition) is 5. The van der Waals surface area contributed by atoms with E-state index in [0.717, 1.165) is 12.8 Å². The van der Waals surface area contributed by atoms with Crippen molar-refractivity contribution in [2.75, 3.05) is 32.4 Å². The second-order valence-corrected chi connectivity index (χ2v) is 8.37. The second kappa shape index (κ2) is 9.18. The summed E-state index contributed by atoms with van der Waals surface area (Å²) in [6, 6.07) is 2.72. The first-order chi connectivity index (χ1) is 12.3. The van der Waals surface area contributed by atoms with Crippen molar-refractivity contribution >= 4 is 21.8 Å². The Bertz CT molecular complexity index is 702. The molecule has 2 rings (SSSR count). The van der Waals surface area contributed by atoms with Crippen molar-refractivity contribution in [1.82, 2.24) is 14.5 Å². The van der Waals surface area contributed by atoms with Crippen molar-refractivity contribution in [2.45, 2.75) is 38.6 Å². The highest BCUT2D eigenvalue weighted by Crippen LogP contribution is 2.20. The Morgan fingerprint density at radius 2 is 2.15 bits per heavy atom. The minimum absolute atomic E-state index is 0.202.